The van der Waals surface area contributed by atoms with Gasteiger partial charge < -0.3 is 10.3 Å². The molecule has 2 aromatic heterocycles. The molecule has 0 fully saturated rings. The minimum absolute atomic E-state index is 0.112. The molecule has 0 bridgehead atoms. The van der Waals surface area contributed by atoms with E-state index < -0.39 is 17.1 Å². The Morgan fingerprint density at radius 2 is 2.13 bits per heavy atom. The molecule has 0 aliphatic carbocycles. The molecule has 0 spiro atoms. The Balaban J connectivity index is 2.41. The Morgan fingerprint density at radius 1 is 1.39 bits per heavy atom. The summed E-state index contributed by atoms with van der Waals surface area (Å²) < 4.78 is 28.9. The highest BCUT2D eigenvalue weighted by molar-refractivity contribution is 7.13. The lowest BCUT2D eigenvalue weighted by Gasteiger charge is -2.12. The van der Waals surface area contributed by atoms with Crippen LogP contribution in [0.4, 0.5) is 13.9 Å². The number of halogens is 2. The zero-order chi connectivity index (χ0) is 16.7. The minimum atomic E-state index is -0.900. The van der Waals surface area contributed by atoms with Crippen molar-refractivity contribution in [2.45, 2.75) is 13.5 Å². The number of thiazole rings is 1. The van der Waals surface area contributed by atoms with E-state index in [1.54, 1.807) is 5.38 Å². The zero-order valence-corrected chi connectivity index (χ0v) is 12.8. The lowest BCUT2D eigenvalue weighted by atomic mass is 10.1. The molecule has 1 aromatic carbocycles. The summed E-state index contributed by atoms with van der Waals surface area (Å²) in [7, 11) is 0. The molecule has 118 valence electrons. The fraction of sp³-hybridized carbons (Fsp3) is 0.133. The molecular weight excluding hydrogens is 324 g/mol. The molecule has 8 heteroatoms. The third-order valence-electron chi connectivity index (χ3n) is 3.28. The van der Waals surface area contributed by atoms with Gasteiger partial charge in [0.05, 0.1) is 28.7 Å². The highest BCUT2D eigenvalue weighted by Crippen LogP contribution is 2.25. The molecule has 23 heavy (non-hydrogen) atoms. The Bertz CT molecular complexity index is 994. The van der Waals surface area contributed by atoms with Gasteiger partial charge in [0, 0.05) is 17.6 Å². The van der Waals surface area contributed by atoms with Gasteiger partial charge in [-0.25, -0.2) is 13.8 Å². The molecule has 0 amide bonds. The molecular formula is C15H11F2N3O2S. The number of nitrogens with zero attached hydrogens (tertiary/aromatic N) is 2. The predicted octanol–water partition coefficient (Wildman–Crippen LogP) is 2.57. The quantitative estimate of drug-likeness (QED) is 0.798. The van der Waals surface area contributed by atoms with Crippen molar-refractivity contribution >= 4 is 33.2 Å². The monoisotopic (exact) mass is 335 g/mol. The van der Waals surface area contributed by atoms with Gasteiger partial charge in [-0.05, 0) is 13.0 Å². The molecule has 2 N–H and O–H groups in total. The highest BCUT2D eigenvalue weighted by Gasteiger charge is 2.17. The average molecular weight is 335 g/mol. The van der Waals surface area contributed by atoms with E-state index in [9.17, 15) is 18.4 Å². The van der Waals surface area contributed by atoms with Gasteiger partial charge in [0.2, 0.25) is 0 Å². The predicted molar refractivity (Wildman–Crippen MR) is 84.3 cm³/mol. The second-order valence-corrected chi connectivity index (χ2v) is 5.95. The molecule has 3 rings (SSSR count). The van der Waals surface area contributed by atoms with E-state index in [4.69, 9.17) is 5.73 Å². The van der Waals surface area contributed by atoms with Gasteiger partial charge in [-0.1, -0.05) is 0 Å². The maximum atomic E-state index is 14.1. The number of rotatable bonds is 3. The Morgan fingerprint density at radius 3 is 2.74 bits per heavy atom. The lowest BCUT2D eigenvalue weighted by molar-refractivity contribution is -0.117. The number of nitrogen functional groups attached to an aromatic ring is 1. The number of carbonyl (C=O) groups is 1. The van der Waals surface area contributed by atoms with E-state index in [1.165, 1.54) is 17.7 Å². The summed E-state index contributed by atoms with van der Waals surface area (Å²) in [6, 6.07) is 1.63. The first-order valence-corrected chi connectivity index (χ1v) is 7.48. The number of anilines is 1. The fourth-order valence-corrected chi connectivity index (χ4v) is 2.98. The van der Waals surface area contributed by atoms with Gasteiger partial charge in [0.1, 0.15) is 11.6 Å². The largest absolute Gasteiger partial charge is 0.375 e. The molecule has 3 aromatic rings. The van der Waals surface area contributed by atoms with Crippen molar-refractivity contribution < 1.29 is 13.6 Å². The zero-order valence-electron chi connectivity index (χ0n) is 12.0. The molecule has 0 atom stereocenters. The first-order chi connectivity index (χ1) is 10.9. The third kappa shape index (κ3) is 2.72. The minimum Gasteiger partial charge on any atom is -0.375 e. The van der Waals surface area contributed by atoms with Gasteiger partial charge in [0.15, 0.2) is 16.4 Å². The first kappa shape index (κ1) is 15.3. The summed E-state index contributed by atoms with van der Waals surface area (Å²) >= 11 is 1.14. The van der Waals surface area contributed by atoms with Crippen LogP contribution in [0.5, 0.6) is 0 Å². The van der Waals surface area contributed by atoms with Crippen molar-refractivity contribution in [3.05, 3.63) is 45.6 Å². The van der Waals surface area contributed by atoms with Crippen LogP contribution in [0, 0.1) is 11.6 Å². The number of hydrogen-bond acceptors (Lipinski definition) is 5. The van der Waals surface area contributed by atoms with E-state index in [0.717, 1.165) is 17.4 Å². The van der Waals surface area contributed by atoms with Crippen LogP contribution in [0.1, 0.15) is 6.92 Å². The topological polar surface area (TPSA) is 78.0 Å². The van der Waals surface area contributed by atoms with Crippen molar-refractivity contribution in [1.29, 1.82) is 0 Å². The number of pyridine rings is 1. The van der Waals surface area contributed by atoms with Crippen molar-refractivity contribution in [1.82, 2.24) is 9.55 Å². The van der Waals surface area contributed by atoms with Crippen LogP contribution >= 0.6 is 11.3 Å². The summed E-state index contributed by atoms with van der Waals surface area (Å²) in [4.78, 5) is 28.0. The second kappa shape index (κ2) is 5.54. The number of Topliss-reactive ketones (excluding diaryl/α,β-unsaturated/α-hetero) is 1. The van der Waals surface area contributed by atoms with E-state index in [0.29, 0.717) is 11.8 Å². The number of nitrogens with two attached hydrogens (primary N) is 1. The maximum Gasteiger partial charge on any atom is 0.199 e. The van der Waals surface area contributed by atoms with Crippen molar-refractivity contribution in [2.75, 3.05) is 5.73 Å². The van der Waals surface area contributed by atoms with E-state index >= 15 is 0 Å². The summed E-state index contributed by atoms with van der Waals surface area (Å²) in [5.74, 6) is -2.00. The van der Waals surface area contributed by atoms with E-state index in [-0.39, 0.29) is 33.9 Å². The van der Waals surface area contributed by atoms with Crippen molar-refractivity contribution in [3.8, 4) is 11.3 Å². The van der Waals surface area contributed by atoms with Crippen LogP contribution in [-0.4, -0.2) is 15.3 Å². The maximum absolute atomic E-state index is 14.1. The van der Waals surface area contributed by atoms with Gasteiger partial charge in [-0.15, -0.1) is 11.3 Å². The summed E-state index contributed by atoms with van der Waals surface area (Å²) in [5, 5.41) is 1.70. The van der Waals surface area contributed by atoms with Crippen LogP contribution in [0.2, 0.25) is 0 Å². The summed E-state index contributed by atoms with van der Waals surface area (Å²) in [5.41, 5.74) is 5.33. The number of ketones is 1. The Kier molecular flexibility index (Phi) is 3.69. The van der Waals surface area contributed by atoms with E-state index in [1.807, 2.05) is 0 Å². The van der Waals surface area contributed by atoms with Crippen molar-refractivity contribution in [3.63, 3.8) is 0 Å². The smallest absolute Gasteiger partial charge is 0.199 e. The van der Waals surface area contributed by atoms with Crippen LogP contribution < -0.4 is 11.2 Å². The molecule has 0 radical (unpaired) electrons. The number of aromatic nitrogens is 2. The van der Waals surface area contributed by atoms with Crippen LogP contribution in [0.3, 0.4) is 0 Å². The molecule has 0 unspecified atom stereocenters. The number of carbonyl (C=O) groups excluding carboxylic acids is 1. The Labute approximate surface area is 133 Å². The molecule has 0 saturated carbocycles. The molecule has 2 heterocycles. The second-order valence-electron chi connectivity index (χ2n) is 5.06. The average Bonchev–Trinajstić information content (AvgIpc) is 2.87. The summed E-state index contributed by atoms with van der Waals surface area (Å²) in [6.45, 7) is 1.19. The Hall–Kier alpha value is -2.61. The lowest BCUT2D eigenvalue weighted by Crippen LogP contribution is -2.16. The third-order valence-corrected chi connectivity index (χ3v) is 3.95. The number of fused-ring (bicyclic) bond motifs is 1. The van der Waals surface area contributed by atoms with Crippen molar-refractivity contribution in [2.24, 2.45) is 0 Å². The first-order valence-electron chi connectivity index (χ1n) is 6.60. The highest BCUT2D eigenvalue weighted by atomic mass is 32.1. The number of benzene rings is 1. The van der Waals surface area contributed by atoms with Gasteiger partial charge in [-0.3, -0.25) is 9.59 Å². The van der Waals surface area contributed by atoms with E-state index in [2.05, 4.69) is 4.98 Å². The summed E-state index contributed by atoms with van der Waals surface area (Å²) in [6.07, 6.45) is 1.35. The van der Waals surface area contributed by atoms with Gasteiger partial charge in [-0.2, -0.15) is 0 Å². The standard InChI is InChI=1S/C15H11F2N3O2S/c1-7(21)4-20-5-10(12-6-23-15(18)19-12)14(22)9-2-8(16)3-11(17)13(9)20/h2-3,5-6H,4H2,1H3,(H2,18,19). The normalized spacial score (nSPS) is 11.1. The SMILES string of the molecule is CC(=O)Cn1cc(-c2csc(N)n2)c(=O)c2cc(F)cc(F)c21. The number of hydrogen-bond donors (Lipinski definition) is 1. The fourth-order valence-electron chi connectivity index (χ4n) is 2.41. The van der Waals surface area contributed by atoms with Crippen LogP contribution in [-0.2, 0) is 11.3 Å². The van der Waals surface area contributed by atoms with Gasteiger partial charge >= 0.3 is 0 Å². The molecule has 0 aliphatic rings. The molecule has 5 nitrogen and oxygen atoms in total. The van der Waals surface area contributed by atoms with Crippen LogP contribution in [0.15, 0.2) is 28.5 Å². The molecule has 0 saturated heterocycles. The van der Waals surface area contributed by atoms with Crippen LogP contribution in [0.25, 0.3) is 22.2 Å². The van der Waals surface area contributed by atoms with Gasteiger partial charge in [0.25, 0.3) is 0 Å². The molecule has 0 aliphatic heterocycles.